The van der Waals surface area contributed by atoms with Crippen molar-refractivity contribution in [3.8, 4) is 0 Å². The summed E-state index contributed by atoms with van der Waals surface area (Å²) in [5.74, 6) is 0. The summed E-state index contributed by atoms with van der Waals surface area (Å²) in [7, 11) is 0. The van der Waals surface area contributed by atoms with Crippen molar-refractivity contribution in [2.75, 3.05) is 6.54 Å². The van der Waals surface area contributed by atoms with Crippen molar-refractivity contribution in [2.24, 2.45) is 0 Å². The summed E-state index contributed by atoms with van der Waals surface area (Å²) in [6.07, 6.45) is 6.01. The lowest BCUT2D eigenvalue weighted by atomic mass is 10.2. The average molecular weight is 244 g/mol. The molecule has 0 fully saturated rings. The summed E-state index contributed by atoms with van der Waals surface area (Å²) in [5.41, 5.74) is 2.79. The Hall–Kier alpha value is -1.28. The van der Waals surface area contributed by atoms with Gasteiger partial charge >= 0.3 is 0 Å². The summed E-state index contributed by atoms with van der Waals surface area (Å²) in [5, 5.41) is 4.93. The van der Waals surface area contributed by atoms with Gasteiger partial charge in [0.2, 0.25) is 0 Å². The predicted octanol–water partition coefficient (Wildman–Crippen LogP) is 3.94. The normalized spacial score (nSPS) is 11.2. The Kier molecular flexibility index (Phi) is 4.82. The molecule has 0 unspecified atom stereocenters. The van der Waals surface area contributed by atoms with Crippen LogP contribution in [0.3, 0.4) is 0 Å². The summed E-state index contributed by atoms with van der Waals surface area (Å²) >= 11 is 0. The average Bonchev–Trinajstić information content (AvgIpc) is 2.74. The van der Waals surface area contributed by atoms with E-state index in [1.54, 1.807) is 0 Å². The third-order valence-electron chi connectivity index (χ3n) is 3.36. The molecule has 0 spiro atoms. The van der Waals surface area contributed by atoms with Gasteiger partial charge in [0, 0.05) is 30.2 Å². The van der Waals surface area contributed by atoms with Crippen LogP contribution in [0.15, 0.2) is 30.5 Å². The number of aryl methyl sites for hydroxylation is 1. The molecule has 0 aliphatic heterocycles. The Labute approximate surface area is 110 Å². The molecule has 0 aliphatic carbocycles. The Morgan fingerprint density at radius 2 is 1.94 bits per heavy atom. The topological polar surface area (TPSA) is 17.0 Å². The molecule has 1 aromatic heterocycles. The molecule has 0 radical (unpaired) electrons. The van der Waals surface area contributed by atoms with Crippen LogP contribution in [0.4, 0.5) is 0 Å². The van der Waals surface area contributed by atoms with E-state index in [1.165, 1.54) is 35.7 Å². The van der Waals surface area contributed by atoms with Gasteiger partial charge in [-0.05, 0) is 31.0 Å². The van der Waals surface area contributed by atoms with E-state index in [2.05, 4.69) is 54.2 Å². The smallest absolute Gasteiger partial charge is 0.0483 e. The van der Waals surface area contributed by atoms with E-state index in [0.29, 0.717) is 0 Å². The molecular weight excluding hydrogens is 220 g/mol. The standard InChI is InChI=1S/C16H24N2/c1-3-5-10-17-12-14-13-18(11-4-2)16-9-7-6-8-15(14)16/h6-9,13,17H,3-5,10-12H2,1-2H3. The van der Waals surface area contributed by atoms with Crippen molar-refractivity contribution >= 4 is 10.9 Å². The maximum atomic E-state index is 3.54. The molecule has 0 saturated heterocycles. The highest BCUT2D eigenvalue weighted by Crippen LogP contribution is 2.21. The molecule has 2 rings (SSSR count). The van der Waals surface area contributed by atoms with Gasteiger partial charge in [-0.2, -0.15) is 0 Å². The number of hydrogen-bond acceptors (Lipinski definition) is 1. The highest BCUT2D eigenvalue weighted by molar-refractivity contribution is 5.83. The molecule has 0 bridgehead atoms. The van der Waals surface area contributed by atoms with Crippen LogP contribution in [0.5, 0.6) is 0 Å². The SMILES string of the molecule is CCCCNCc1cn(CCC)c2ccccc12. The summed E-state index contributed by atoms with van der Waals surface area (Å²) in [6, 6.07) is 8.72. The van der Waals surface area contributed by atoms with Crippen LogP contribution in [0.25, 0.3) is 10.9 Å². The third kappa shape index (κ3) is 2.94. The number of rotatable bonds is 7. The zero-order chi connectivity index (χ0) is 12.8. The molecule has 98 valence electrons. The summed E-state index contributed by atoms with van der Waals surface area (Å²) < 4.78 is 2.38. The first-order chi connectivity index (χ1) is 8.86. The molecule has 2 heteroatoms. The molecule has 2 nitrogen and oxygen atoms in total. The molecule has 1 aromatic carbocycles. The van der Waals surface area contributed by atoms with Gasteiger partial charge in [0.15, 0.2) is 0 Å². The number of aromatic nitrogens is 1. The van der Waals surface area contributed by atoms with Gasteiger partial charge in [-0.25, -0.2) is 0 Å². The van der Waals surface area contributed by atoms with Crippen molar-refractivity contribution in [1.82, 2.24) is 9.88 Å². The number of nitrogens with one attached hydrogen (secondary N) is 1. The lowest BCUT2D eigenvalue weighted by molar-refractivity contribution is 0.639. The first-order valence-electron chi connectivity index (χ1n) is 7.14. The molecule has 0 aliphatic rings. The fourth-order valence-electron chi connectivity index (χ4n) is 2.41. The fraction of sp³-hybridized carbons (Fsp3) is 0.500. The Balaban J connectivity index is 2.16. The van der Waals surface area contributed by atoms with Gasteiger partial charge in [0.1, 0.15) is 0 Å². The molecule has 0 saturated carbocycles. The molecule has 2 aromatic rings. The van der Waals surface area contributed by atoms with Crippen molar-refractivity contribution in [3.63, 3.8) is 0 Å². The van der Waals surface area contributed by atoms with Gasteiger partial charge in [-0.1, -0.05) is 38.5 Å². The zero-order valence-corrected chi connectivity index (χ0v) is 11.6. The molecule has 1 heterocycles. The molecular formula is C16H24N2. The van der Waals surface area contributed by atoms with Gasteiger partial charge in [0.25, 0.3) is 0 Å². The largest absolute Gasteiger partial charge is 0.347 e. The van der Waals surface area contributed by atoms with Crippen LogP contribution >= 0.6 is 0 Å². The van der Waals surface area contributed by atoms with Crippen LogP contribution in [-0.4, -0.2) is 11.1 Å². The number of fused-ring (bicyclic) bond motifs is 1. The second-order valence-corrected chi connectivity index (χ2v) is 4.90. The quantitative estimate of drug-likeness (QED) is 0.730. The van der Waals surface area contributed by atoms with Crippen LogP contribution in [0, 0.1) is 0 Å². The Morgan fingerprint density at radius 1 is 1.11 bits per heavy atom. The first kappa shape index (κ1) is 13.2. The zero-order valence-electron chi connectivity index (χ0n) is 11.6. The van der Waals surface area contributed by atoms with Gasteiger partial charge < -0.3 is 9.88 Å². The van der Waals surface area contributed by atoms with Gasteiger partial charge in [0.05, 0.1) is 0 Å². The van der Waals surface area contributed by atoms with Crippen molar-refractivity contribution in [2.45, 2.75) is 46.2 Å². The van der Waals surface area contributed by atoms with Crippen LogP contribution in [-0.2, 0) is 13.1 Å². The molecule has 1 N–H and O–H groups in total. The maximum absolute atomic E-state index is 3.54. The summed E-state index contributed by atoms with van der Waals surface area (Å²) in [6.45, 7) is 7.67. The minimum atomic E-state index is 0.983. The Bertz CT molecular complexity index is 485. The number of benzene rings is 1. The minimum absolute atomic E-state index is 0.983. The van der Waals surface area contributed by atoms with Crippen LogP contribution < -0.4 is 5.32 Å². The highest BCUT2D eigenvalue weighted by atomic mass is 15.0. The number of unbranched alkanes of at least 4 members (excludes halogenated alkanes) is 1. The van der Waals surface area contributed by atoms with Gasteiger partial charge in [-0.15, -0.1) is 0 Å². The van der Waals surface area contributed by atoms with E-state index in [9.17, 15) is 0 Å². The van der Waals surface area contributed by atoms with E-state index in [-0.39, 0.29) is 0 Å². The highest BCUT2D eigenvalue weighted by Gasteiger charge is 2.06. The lowest BCUT2D eigenvalue weighted by Gasteiger charge is -2.02. The number of nitrogens with zero attached hydrogens (tertiary/aromatic N) is 1. The lowest BCUT2D eigenvalue weighted by Crippen LogP contribution is -2.14. The van der Waals surface area contributed by atoms with E-state index in [4.69, 9.17) is 0 Å². The maximum Gasteiger partial charge on any atom is 0.0483 e. The van der Waals surface area contributed by atoms with Crippen molar-refractivity contribution < 1.29 is 0 Å². The molecule has 18 heavy (non-hydrogen) atoms. The summed E-state index contributed by atoms with van der Waals surface area (Å²) in [4.78, 5) is 0. The molecule has 0 atom stereocenters. The van der Waals surface area contributed by atoms with E-state index >= 15 is 0 Å². The Morgan fingerprint density at radius 3 is 2.72 bits per heavy atom. The minimum Gasteiger partial charge on any atom is -0.347 e. The molecule has 0 amide bonds. The van der Waals surface area contributed by atoms with E-state index in [1.807, 2.05) is 0 Å². The second-order valence-electron chi connectivity index (χ2n) is 4.90. The van der Waals surface area contributed by atoms with Gasteiger partial charge in [-0.3, -0.25) is 0 Å². The van der Waals surface area contributed by atoms with Crippen LogP contribution in [0.2, 0.25) is 0 Å². The predicted molar refractivity (Wildman–Crippen MR) is 78.8 cm³/mol. The first-order valence-corrected chi connectivity index (χ1v) is 7.14. The monoisotopic (exact) mass is 244 g/mol. The third-order valence-corrected chi connectivity index (χ3v) is 3.36. The van der Waals surface area contributed by atoms with E-state index in [0.717, 1.165) is 19.6 Å². The number of hydrogen-bond donors (Lipinski definition) is 1. The number of para-hydroxylation sites is 1. The van der Waals surface area contributed by atoms with Crippen molar-refractivity contribution in [1.29, 1.82) is 0 Å². The van der Waals surface area contributed by atoms with Crippen molar-refractivity contribution in [3.05, 3.63) is 36.0 Å². The second kappa shape index (κ2) is 6.60. The van der Waals surface area contributed by atoms with Crippen LogP contribution in [0.1, 0.15) is 38.7 Å². The van der Waals surface area contributed by atoms with E-state index < -0.39 is 0 Å². The fourth-order valence-corrected chi connectivity index (χ4v) is 2.41.